The van der Waals surface area contributed by atoms with Gasteiger partial charge in [0.2, 0.25) is 5.91 Å². The first-order valence-electron chi connectivity index (χ1n) is 4.55. The van der Waals surface area contributed by atoms with E-state index in [2.05, 4.69) is 13.8 Å². The fraction of sp³-hybridized carbons (Fsp3) is 0.889. The van der Waals surface area contributed by atoms with Gasteiger partial charge in [-0.25, -0.2) is 0 Å². The Balaban J connectivity index is 2.48. The van der Waals surface area contributed by atoms with Gasteiger partial charge >= 0.3 is 0 Å². The molecule has 1 saturated heterocycles. The third-order valence-electron chi connectivity index (χ3n) is 2.33. The van der Waals surface area contributed by atoms with Crippen molar-refractivity contribution in [3.63, 3.8) is 0 Å². The molecule has 0 bridgehead atoms. The van der Waals surface area contributed by atoms with Gasteiger partial charge in [-0.2, -0.15) is 0 Å². The van der Waals surface area contributed by atoms with E-state index in [1.165, 1.54) is 6.42 Å². The van der Waals surface area contributed by atoms with E-state index in [4.69, 9.17) is 0 Å². The highest BCUT2D eigenvalue weighted by molar-refractivity contribution is 5.77. The Labute approximate surface area is 68.6 Å². The average molecular weight is 155 g/mol. The van der Waals surface area contributed by atoms with E-state index in [-0.39, 0.29) is 0 Å². The molecule has 2 nitrogen and oxygen atoms in total. The SMILES string of the molecule is CCCN1C(=O)CCCC1C. The van der Waals surface area contributed by atoms with E-state index >= 15 is 0 Å². The third kappa shape index (κ3) is 1.95. The van der Waals surface area contributed by atoms with Crippen LogP contribution in [0.4, 0.5) is 0 Å². The molecular formula is C9H17NO. The molecule has 0 aliphatic carbocycles. The van der Waals surface area contributed by atoms with Crippen LogP contribution in [0.3, 0.4) is 0 Å². The summed E-state index contributed by atoms with van der Waals surface area (Å²) in [6.07, 6.45) is 4.12. The van der Waals surface area contributed by atoms with E-state index in [9.17, 15) is 4.79 Å². The van der Waals surface area contributed by atoms with Crippen LogP contribution in [0.25, 0.3) is 0 Å². The summed E-state index contributed by atoms with van der Waals surface area (Å²) in [7, 11) is 0. The standard InChI is InChI=1S/C9H17NO/c1-3-7-10-8(2)5-4-6-9(10)11/h8H,3-7H2,1-2H3. The van der Waals surface area contributed by atoms with Crippen LogP contribution in [-0.4, -0.2) is 23.4 Å². The smallest absolute Gasteiger partial charge is 0.222 e. The van der Waals surface area contributed by atoms with E-state index in [0.717, 1.165) is 25.8 Å². The molecule has 0 aromatic rings. The molecule has 1 amide bonds. The maximum absolute atomic E-state index is 11.3. The van der Waals surface area contributed by atoms with E-state index in [0.29, 0.717) is 11.9 Å². The lowest BCUT2D eigenvalue weighted by Gasteiger charge is -2.33. The first kappa shape index (κ1) is 8.57. The second-order valence-corrected chi connectivity index (χ2v) is 3.33. The Morgan fingerprint density at radius 1 is 1.64 bits per heavy atom. The van der Waals surface area contributed by atoms with Crippen LogP contribution >= 0.6 is 0 Å². The zero-order chi connectivity index (χ0) is 8.27. The summed E-state index contributed by atoms with van der Waals surface area (Å²) in [5, 5.41) is 0. The fourth-order valence-electron chi connectivity index (χ4n) is 1.68. The summed E-state index contributed by atoms with van der Waals surface area (Å²) in [6.45, 7) is 5.21. The van der Waals surface area contributed by atoms with Crippen LogP contribution in [0.2, 0.25) is 0 Å². The number of carbonyl (C=O) groups is 1. The summed E-state index contributed by atoms with van der Waals surface area (Å²) in [5.41, 5.74) is 0. The topological polar surface area (TPSA) is 20.3 Å². The molecule has 1 unspecified atom stereocenters. The minimum absolute atomic E-state index is 0.352. The second kappa shape index (κ2) is 3.74. The van der Waals surface area contributed by atoms with Gasteiger partial charge in [0.1, 0.15) is 0 Å². The molecule has 1 aliphatic heterocycles. The summed E-state index contributed by atoms with van der Waals surface area (Å²) in [5.74, 6) is 0.352. The Bertz CT molecular complexity index is 144. The highest BCUT2D eigenvalue weighted by Crippen LogP contribution is 2.17. The van der Waals surface area contributed by atoms with Crippen molar-refractivity contribution in [2.45, 2.75) is 45.6 Å². The quantitative estimate of drug-likeness (QED) is 0.595. The van der Waals surface area contributed by atoms with Crippen molar-refractivity contribution in [3.8, 4) is 0 Å². The van der Waals surface area contributed by atoms with Crippen molar-refractivity contribution in [1.29, 1.82) is 0 Å². The van der Waals surface area contributed by atoms with Gasteiger partial charge in [-0.15, -0.1) is 0 Å². The molecule has 64 valence electrons. The zero-order valence-corrected chi connectivity index (χ0v) is 7.47. The van der Waals surface area contributed by atoms with Gasteiger partial charge in [0.15, 0.2) is 0 Å². The number of piperidine rings is 1. The summed E-state index contributed by atoms with van der Waals surface area (Å²) in [6, 6.07) is 0.483. The maximum Gasteiger partial charge on any atom is 0.222 e. The zero-order valence-electron chi connectivity index (χ0n) is 7.47. The highest BCUT2D eigenvalue weighted by Gasteiger charge is 2.22. The highest BCUT2D eigenvalue weighted by atomic mass is 16.2. The van der Waals surface area contributed by atoms with Crippen LogP contribution in [0.1, 0.15) is 39.5 Å². The molecular weight excluding hydrogens is 138 g/mol. The van der Waals surface area contributed by atoms with Gasteiger partial charge in [-0.1, -0.05) is 6.92 Å². The lowest BCUT2D eigenvalue weighted by atomic mass is 10.0. The lowest BCUT2D eigenvalue weighted by Crippen LogP contribution is -2.42. The van der Waals surface area contributed by atoms with E-state index < -0.39 is 0 Å². The predicted octanol–water partition coefficient (Wildman–Crippen LogP) is 1.80. The number of amides is 1. The molecule has 1 atom stereocenters. The van der Waals surface area contributed by atoms with Crippen molar-refractivity contribution in [3.05, 3.63) is 0 Å². The maximum atomic E-state index is 11.3. The van der Waals surface area contributed by atoms with Crippen LogP contribution < -0.4 is 0 Å². The number of nitrogens with zero attached hydrogens (tertiary/aromatic N) is 1. The van der Waals surface area contributed by atoms with E-state index in [1.807, 2.05) is 4.90 Å². The Morgan fingerprint density at radius 2 is 2.36 bits per heavy atom. The second-order valence-electron chi connectivity index (χ2n) is 3.33. The number of hydrogen-bond acceptors (Lipinski definition) is 1. The molecule has 1 rings (SSSR count). The van der Waals surface area contributed by atoms with Gasteiger partial charge in [0, 0.05) is 19.0 Å². The normalized spacial score (nSPS) is 25.8. The summed E-state index contributed by atoms with van der Waals surface area (Å²) < 4.78 is 0. The molecule has 1 fully saturated rings. The Kier molecular flexibility index (Phi) is 2.92. The molecule has 0 N–H and O–H groups in total. The molecule has 1 aliphatic rings. The molecule has 0 saturated carbocycles. The third-order valence-corrected chi connectivity index (χ3v) is 2.33. The Morgan fingerprint density at radius 3 is 2.91 bits per heavy atom. The van der Waals surface area contributed by atoms with Crippen molar-refractivity contribution >= 4 is 5.91 Å². The van der Waals surface area contributed by atoms with Gasteiger partial charge in [0.25, 0.3) is 0 Å². The number of likely N-dealkylation sites (tertiary alicyclic amines) is 1. The fourth-order valence-corrected chi connectivity index (χ4v) is 1.68. The minimum atomic E-state index is 0.352. The number of rotatable bonds is 2. The van der Waals surface area contributed by atoms with Crippen LogP contribution in [-0.2, 0) is 4.79 Å². The number of hydrogen-bond donors (Lipinski definition) is 0. The largest absolute Gasteiger partial charge is 0.340 e. The van der Waals surface area contributed by atoms with Crippen LogP contribution in [0.15, 0.2) is 0 Å². The van der Waals surface area contributed by atoms with Crippen molar-refractivity contribution < 1.29 is 4.79 Å². The van der Waals surface area contributed by atoms with Crippen molar-refractivity contribution in [2.24, 2.45) is 0 Å². The first-order valence-corrected chi connectivity index (χ1v) is 4.55. The van der Waals surface area contributed by atoms with Gasteiger partial charge < -0.3 is 4.90 Å². The van der Waals surface area contributed by atoms with Gasteiger partial charge in [-0.05, 0) is 26.2 Å². The predicted molar refractivity (Wildman–Crippen MR) is 45.3 cm³/mol. The van der Waals surface area contributed by atoms with Crippen LogP contribution in [0.5, 0.6) is 0 Å². The first-order chi connectivity index (χ1) is 5.25. The molecule has 1 heterocycles. The average Bonchev–Trinajstić information content (AvgIpc) is 1.97. The number of carbonyl (C=O) groups excluding carboxylic acids is 1. The van der Waals surface area contributed by atoms with Gasteiger partial charge in [-0.3, -0.25) is 4.79 Å². The van der Waals surface area contributed by atoms with E-state index in [1.54, 1.807) is 0 Å². The van der Waals surface area contributed by atoms with Gasteiger partial charge in [0.05, 0.1) is 0 Å². The lowest BCUT2D eigenvalue weighted by molar-refractivity contribution is -0.135. The van der Waals surface area contributed by atoms with Crippen LogP contribution in [0, 0.1) is 0 Å². The molecule has 11 heavy (non-hydrogen) atoms. The Hall–Kier alpha value is -0.530. The minimum Gasteiger partial charge on any atom is -0.340 e. The molecule has 0 aromatic heterocycles. The molecule has 0 spiro atoms. The molecule has 0 aromatic carbocycles. The summed E-state index contributed by atoms with van der Waals surface area (Å²) in [4.78, 5) is 13.3. The van der Waals surface area contributed by atoms with Crippen molar-refractivity contribution in [2.75, 3.05) is 6.54 Å². The summed E-state index contributed by atoms with van der Waals surface area (Å²) >= 11 is 0. The molecule has 2 heteroatoms. The molecule has 0 radical (unpaired) electrons. The van der Waals surface area contributed by atoms with Crippen molar-refractivity contribution in [1.82, 2.24) is 4.90 Å². The monoisotopic (exact) mass is 155 g/mol.